The molecule has 0 atom stereocenters. The van der Waals surface area contributed by atoms with Crippen molar-refractivity contribution in [2.45, 2.75) is 39.8 Å². The molecular formula is C27H29N. The minimum atomic E-state index is 0.371. The number of hydrogen-bond acceptors (Lipinski definition) is 1. The summed E-state index contributed by atoms with van der Waals surface area (Å²) in [7, 11) is 0. The lowest BCUT2D eigenvalue weighted by Gasteiger charge is -2.34. The Morgan fingerprint density at radius 3 is 1.29 bits per heavy atom. The SMILES string of the molecule is CC(C)N(C(=C=C(c1ccccc1)c1ccccc1)c1ccccc1)C(C)C. The predicted octanol–water partition coefficient (Wildman–Crippen LogP) is 6.88. The van der Waals surface area contributed by atoms with E-state index in [2.05, 4.69) is 129 Å². The average Bonchev–Trinajstić information content (AvgIpc) is 2.72. The summed E-state index contributed by atoms with van der Waals surface area (Å²) in [5, 5.41) is 0. The van der Waals surface area contributed by atoms with Crippen molar-refractivity contribution >= 4 is 11.3 Å². The van der Waals surface area contributed by atoms with Crippen LogP contribution in [0.5, 0.6) is 0 Å². The van der Waals surface area contributed by atoms with Crippen LogP contribution in [0.1, 0.15) is 44.4 Å². The van der Waals surface area contributed by atoms with Crippen molar-refractivity contribution in [2.24, 2.45) is 0 Å². The fourth-order valence-corrected chi connectivity index (χ4v) is 3.63. The maximum Gasteiger partial charge on any atom is 0.0884 e. The van der Waals surface area contributed by atoms with Gasteiger partial charge in [0.1, 0.15) is 0 Å². The van der Waals surface area contributed by atoms with Crippen molar-refractivity contribution in [3.63, 3.8) is 0 Å². The summed E-state index contributed by atoms with van der Waals surface area (Å²) < 4.78 is 0. The van der Waals surface area contributed by atoms with Crippen molar-refractivity contribution in [1.29, 1.82) is 0 Å². The summed E-state index contributed by atoms with van der Waals surface area (Å²) in [6.07, 6.45) is 0. The van der Waals surface area contributed by atoms with Gasteiger partial charge in [0, 0.05) is 23.2 Å². The van der Waals surface area contributed by atoms with Gasteiger partial charge in [-0.3, -0.25) is 0 Å². The first-order chi connectivity index (χ1) is 13.6. The first-order valence-corrected chi connectivity index (χ1v) is 10.0. The van der Waals surface area contributed by atoms with Gasteiger partial charge in [-0.15, -0.1) is 0 Å². The second-order valence-electron chi connectivity index (χ2n) is 7.54. The Morgan fingerprint density at radius 2 is 0.929 bits per heavy atom. The van der Waals surface area contributed by atoms with Crippen molar-refractivity contribution < 1.29 is 0 Å². The number of benzene rings is 3. The summed E-state index contributed by atoms with van der Waals surface area (Å²) in [6.45, 7) is 8.98. The molecule has 3 aromatic carbocycles. The van der Waals surface area contributed by atoms with Crippen LogP contribution in [-0.4, -0.2) is 17.0 Å². The zero-order valence-corrected chi connectivity index (χ0v) is 17.3. The molecule has 0 aromatic heterocycles. The largest absolute Gasteiger partial charge is 0.360 e. The third-order valence-electron chi connectivity index (χ3n) is 4.79. The predicted molar refractivity (Wildman–Crippen MR) is 121 cm³/mol. The molecule has 0 radical (unpaired) electrons. The van der Waals surface area contributed by atoms with Crippen LogP contribution in [0.4, 0.5) is 0 Å². The van der Waals surface area contributed by atoms with Gasteiger partial charge in [-0.25, -0.2) is 0 Å². The Kier molecular flexibility index (Phi) is 6.53. The van der Waals surface area contributed by atoms with E-state index in [0.717, 1.165) is 11.3 Å². The highest BCUT2D eigenvalue weighted by molar-refractivity contribution is 5.83. The van der Waals surface area contributed by atoms with Crippen LogP contribution < -0.4 is 0 Å². The van der Waals surface area contributed by atoms with Gasteiger partial charge in [0.2, 0.25) is 0 Å². The minimum absolute atomic E-state index is 0.371. The van der Waals surface area contributed by atoms with Crippen molar-refractivity contribution in [1.82, 2.24) is 4.90 Å². The van der Waals surface area contributed by atoms with E-state index in [1.165, 1.54) is 16.7 Å². The van der Waals surface area contributed by atoms with Gasteiger partial charge >= 0.3 is 0 Å². The van der Waals surface area contributed by atoms with Crippen molar-refractivity contribution in [3.05, 3.63) is 113 Å². The molecule has 0 N–H and O–H groups in total. The van der Waals surface area contributed by atoms with Gasteiger partial charge < -0.3 is 4.90 Å². The van der Waals surface area contributed by atoms with Gasteiger partial charge in [-0.05, 0) is 38.8 Å². The lowest BCUT2D eigenvalue weighted by molar-refractivity contribution is 0.274. The van der Waals surface area contributed by atoms with Gasteiger partial charge in [-0.1, -0.05) is 96.7 Å². The van der Waals surface area contributed by atoms with Crippen LogP contribution >= 0.6 is 0 Å². The molecule has 0 spiro atoms. The average molecular weight is 368 g/mol. The Bertz CT molecular complexity index is 882. The van der Waals surface area contributed by atoms with E-state index in [9.17, 15) is 0 Å². The van der Waals surface area contributed by atoms with Crippen LogP contribution in [0.25, 0.3) is 11.3 Å². The molecule has 0 unspecified atom stereocenters. The molecule has 0 aliphatic carbocycles. The molecular weight excluding hydrogens is 338 g/mol. The molecule has 0 amide bonds. The summed E-state index contributed by atoms with van der Waals surface area (Å²) in [5.74, 6) is 0. The normalized spacial score (nSPS) is 10.6. The Hall–Kier alpha value is -3.02. The molecule has 0 saturated heterocycles. The second-order valence-corrected chi connectivity index (χ2v) is 7.54. The maximum atomic E-state index is 3.82. The van der Waals surface area contributed by atoms with Crippen LogP contribution in [0, 0.1) is 0 Å². The molecule has 3 rings (SSSR count). The molecule has 0 saturated carbocycles. The first kappa shape index (κ1) is 19.7. The van der Waals surface area contributed by atoms with Gasteiger partial charge in [0.05, 0.1) is 5.70 Å². The van der Waals surface area contributed by atoms with E-state index in [4.69, 9.17) is 0 Å². The van der Waals surface area contributed by atoms with Crippen LogP contribution in [0.2, 0.25) is 0 Å². The number of nitrogens with zero attached hydrogens (tertiary/aromatic N) is 1. The Labute approximate surface area is 169 Å². The molecule has 1 heteroatoms. The van der Waals surface area contributed by atoms with Crippen molar-refractivity contribution in [3.8, 4) is 0 Å². The molecule has 0 heterocycles. The summed E-state index contributed by atoms with van der Waals surface area (Å²) in [5.41, 5.74) is 9.61. The highest BCUT2D eigenvalue weighted by atomic mass is 15.2. The van der Waals surface area contributed by atoms with Gasteiger partial charge in [-0.2, -0.15) is 0 Å². The quantitative estimate of drug-likeness (QED) is 0.429. The molecule has 0 aliphatic rings. The molecule has 0 aliphatic heterocycles. The minimum Gasteiger partial charge on any atom is -0.360 e. The topological polar surface area (TPSA) is 3.24 Å². The summed E-state index contributed by atoms with van der Waals surface area (Å²) in [6, 6.07) is 32.5. The number of rotatable bonds is 6. The van der Waals surface area contributed by atoms with E-state index >= 15 is 0 Å². The molecule has 142 valence electrons. The molecule has 28 heavy (non-hydrogen) atoms. The molecule has 0 bridgehead atoms. The fourth-order valence-electron chi connectivity index (χ4n) is 3.63. The van der Waals surface area contributed by atoms with E-state index in [1.54, 1.807) is 0 Å². The highest BCUT2D eigenvalue weighted by Gasteiger charge is 2.19. The molecule has 3 aromatic rings. The molecule has 1 nitrogen and oxygen atoms in total. The molecule has 0 fully saturated rings. The second kappa shape index (κ2) is 9.26. The third kappa shape index (κ3) is 4.63. The van der Waals surface area contributed by atoms with Crippen molar-refractivity contribution in [2.75, 3.05) is 0 Å². The monoisotopic (exact) mass is 367 g/mol. The standard InChI is InChI=1S/C27H29N/c1-21(2)28(22(3)4)27(25-18-12-7-13-19-25)20-26(23-14-8-5-9-15-23)24-16-10-6-11-17-24/h5-19,21-22H,1-4H3. The summed E-state index contributed by atoms with van der Waals surface area (Å²) >= 11 is 0. The number of hydrogen-bond donors (Lipinski definition) is 0. The van der Waals surface area contributed by atoms with Crippen LogP contribution in [-0.2, 0) is 0 Å². The Morgan fingerprint density at radius 1 is 0.571 bits per heavy atom. The maximum absolute atomic E-state index is 3.82. The smallest absolute Gasteiger partial charge is 0.0884 e. The summed E-state index contributed by atoms with van der Waals surface area (Å²) in [4.78, 5) is 2.45. The van der Waals surface area contributed by atoms with Gasteiger partial charge in [0.15, 0.2) is 0 Å². The first-order valence-electron chi connectivity index (χ1n) is 10.0. The third-order valence-corrected chi connectivity index (χ3v) is 4.79. The fraction of sp³-hybridized carbons (Fsp3) is 0.222. The lowest BCUT2D eigenvalue weighted by Crippen LogP contribution is -2.35. The Balaban J connectivity index is 2.36. The van der Waals surface area contributed by atoms with E-state index in [0.29, 0.717) is 12.1 Å². The van der Waals surface area contributed by atoms with Crippen LogP contribution in [0.15, 0.2) is 96.7 Å². The van der Waals surface area contributed by atoms with Gasteiger partial charge in [0.25, 0.3) is 0 Å². The van der Waals surface area contributed by atoms with E-state index < -0.39 is 0 Å². The van der Waals surface area contributed by atoms with Crippen LogP contribution in [0.3, 0.4) is 0 Å². The lowest BCUT2D eigenvalue weighted by atomic mass is 9.97. The highest BCUT2D eigenvalue weighted by Crippen LogP contribution is 2.28. The zero-order chi connectivity index (χ0) is 19.9. The van der Waals surface area contributed by atoms with E-state index in [1.807, 2.05) is 0 Å². The van der Waals surface area contributed by atoms with E-state index in [-0.39, 0.29) is 0 Å². The zero-order valence-electron chi connectivity index (χ0n) is 17.3.